The van der Waals surface area contributed by atoms with E-state index in [0.29, 0.717) is 12.8 Å². The average Bonchev–Trinajstić information content (AvgIpc) is 2.30. The van der Waals surface area contributed by atoms with E-state index in [1.54, 1.807) is 41.5 Å². The van der Waals surface area contributed by atoms with E-state index in [2.05, 4.69) is 10.6 Å². The average molecular weight is 392 g/mol. The second-order valence-electron chi connectivity index (χ2n) is 8.90. The summed E-state index contributed by atoms with van der Waals surface area (Å²) >= 11 is 0. The molecule has 156 valence electrons. The van der Waals surface area contributed by atoms with Gasteiger partial charge in [-0.3, -0.25) is 4.79 Å². The van der Waals surface area contributed by atoms with Crippen molar-refractivity contribution in [3.63, 3.8) is 0 Å². The molecule has 2 saturated carbocycles. The molecule has 2 rings (SSSR count). The molecule has 2 aliphatic carbocycles. The highest BCUT2D eigenvalue weighted by Crippen LogP contribution is 2.37. The summed E-state index contributed by atoms with van der Waals surface area (Å²) in [5, 5.41) is 5.01. The van der Waals surface area contributed by atoms with Gasteiger partial charge in [-0.25, -0.2) is 18.4 Å². The van der Waals surface area contributed by atoms with E-state index in [4.69, 9.17) is 9.47 Å². The summed E-state index contributed by atoms with van der Waals surface area (Å²) in [7, 11) is 0. The van der Waals surface area contributed by atoms with Gasteiger partial charge in [0.05, 0.1) is 0 Å². The topological polar surface area (TPSA) is 93.7 Å². The number of halogens is 2. The number of ketones is 1. The van der Waals surface area contributed by atoms with E-state index in [1.807, 2.05) is 0 Å². The van der Waals surface area contributed by atoms with Crippen LogP contribution < -0.4 is 10.6 Å². The van der Waals surface area contributed by atoms with Crippen LogP contribution in [0.15, 0.2) is 0 Å². The SMILES string of the molecule is CC(C)(C)OC(=O)NC1CC(=O)C1.CC(C)(C)OC(=O)NC1CC(F)(F)C1. The highest BCUT2D eigenvalue weighted by molar-refractivity contribution is 5.87. The molecule has 0 aromatic carbocycles. The monoisotopic (exact) mass is 392 g/mol. The number of carbonyl (C=O) groups is 3. The lowest BCUT2D eigenvalue weighted by Crippen LogP contribution is -2.51. The summed E-state index contributed by atoms with van der Waals surface area (Å²) in [6.45, 7) is 10.6. The summed E-state index contributed by atoms with van der Waals surface area (Å²) in [5.41, 5.74) is -1.06. The van der Waals surface area contributed by atoms with Crippen molar-refractivity contribution in [1.82, 2.24) is 10.6 Å². The maximum atomic E-state index is 12.4. The number of alkyl halides is 2. The molecule has 0 aromatic rings. The molecule has 0 saturated heterocycles. The van der Waals surface area contributed by atoms with Gasteiger partial charge in [0.2, 0.25) is 0 Å². The molecule has 7 nitrogen and oxygen atoms in total. The molecule has 9 heteroatoms. The number of alkyl carbamates (subject to hydrolysis) is 2. The number of ether oxygens (including phenoxy) is 2. The molecule has 27 heavy (non-hydrogen) atoms. The van der Waals surface area contributed by atoms with Gasteiger partial charge >= 0.3 is 12.2 Å². The second-order valence-corrected chi connectivity index (χ2v) is 8.90. The summed E-state index contributed by atoms with van der Waals surface area (Å²) in [4.78, 5) is 32.8. The number of hydrogen-bond donors (Lipinski definition) is 2. The van der Waals surface area contributed by atoms with Gasteiger partial charge in [-0.05, 0) is 41.5 Å². The standard InChI is InChI=1S/C9H15F2NO2.C9H15NO3/c1-8(2,3)14-7(13)12-6-4-9(10,11)5-6;1-9(2,3)13-8(12)10-6-4-7(11)5-6/h6H,4-5H2,1-3H3,(H,12,13);6H,4-5H2,1-3H3,(H,10,12). The highest BCUT2D eigenvalue weighted by Gasteiger charge is 2.46. The molecular weight excluding hydrogens is 362 g/mol. The largest absolute Gasteiger partial charge is 0.444 e. The van der Waals surface area contributed by atoms with Crippen molar-refractivity contribution in [1.29, 1.82) is 0 Å². The van der Waals surface area contributed by atoms with Gasteiger partial charge in [0.15, 0.2) is 0 Å². The van der Waals surface area contributed by atoms with Gasteiger partial charge < -0.3 is 20.1 Å². The van der Waals surface area contributed by atoms with Crippen LogP contribution in [0.3, 0.4) is 0 Å². The first-order valence-corrected chi connectivity index (χ1v) is 8.93. The Morgan fingerprint density at radius 1 is 0.889 bits per heavy atom. The predicted molar refractivity (Wildman–Crippen MR) is 94.7 cm³/mol. The quantitative estimate of drug-likeness (QED) is 0.750. The van der Waals surface area contributed by atoms with Gasteiger partial charge in [-0.2, -0.15) is 0 Å². The van der Waals surface area contributed by atoms with Crippen LogP contribution in [0.2, 0.25) is 0 Å². The van der Waals surface area contributed by atoms with E-state index in [9.17, 15) is 23.2 Å². The van der Waals surface area contributed by atoms with E-state index in [1.165, 1.54) is 0 Å². The van der Waals surface area contributed by atoms with Gasteiger partial charge in [0.1, 0.15) is 17.0 Å². The maximum absolute atomic E-state index is 12.4. The third-order valence-electron chi connectivity index (χ3n) is 3.48. The first-order valence-electron chi connectivity index (χ1n) is 8.93. The molecule has 0 bridgehead atoms. The van der Waals surface area contributed by atoms with Crippen LogP contribution in [-0.2, 0) is 14.3 Å². The normalized spacial score (nSPS) is 19.6. The van der Waals surface area contributed by atoms with Crippen LogP contribution in [-0.4, -0.2) is 47.2 Å². The van der Waals surface area contributed by atoms with Crippen molar-refractivity contribution < 1.29 is 32.6 Å². The number of hydrogen-bond acceptors (Lipinski definition) is 5. The predicted octanol–water partition coefficient (Wildman–Crippen LogP) is 3.55. The fraction of sp³-hybridized carbons (Fsp3) is 0.833. The molecule has 0 unspecified atom stereocenters. The molecular formula is C18H30F2N2O5. The van der Waals surface area contributed by atoms with E-state index in [0.717, 1.165) is 0 Å². The Balaban J connectivity index is 0.000000271. The minimum Gasteiger partial charge on any atom is -0.444 e. The van der Waals surface area contributed by atoms with E-state index in [-0.39, 0.29) is 24.7 Å². The van der Waals surface area contributed by atoms with Crippen LogP contribution in [0.1, 0.15) is 67.2 Å². The molecule has 2 amide bonds. The van der Waals surface area contributed by atoms with Crippen LogP contribution in [0.25, 0.3) is 0 Å². The minimum absolute atomic E-state index is 0.0117. The van der Waals surface area contributed by atoms with Crippen LogP contribution in [0.5, 0.6) is 0 Å². The smallest absolute Gasteiger partial charge is 0.407 e. The lowest BCUT2D eigenvalue weighted by atomic mass is 9.88. The highest BCUT2D eigenvalue weighted by atomic mass is 19.3. The fourth-order valence-electron chi connectivity index (χ4n) is 2.30. The van der Waals surface area contributed by atoms with Gasteiger partial charge in [-0.1, -0.05) is 0 Å². The Morgan fingerprint density at radius 3 is 1.56 bits per heavy atom. The zero-order valence-electron chi connectivity index (χ0n) is 16.8. The fourth-order valence-corrected chi connectivity index (χ4v) is 2.30. The van der Waals surface area contributed by atoms with Crippen LogP contribution >= 0.6 is 0 Å². The molecule has 0 radical (unpaired) electrons. The number of carbonyl (C=O) groups excluding carboxylic acids is 3. The van der Waals surface area contributed by atoms with Crippen molar-refractivity contribution in [2.24, 2.45) is 0 Å². The second kappa shape index (κ2) is 8.39. The summed E-state index contributed by atoms with van der Waals surface area (Å²) < 4.78 is 34.7. The third-order valence-corrected chi connectivity index (χ3v) is 3.48. The Bertz CT molecular complexity index is 551. The number of nitrogens with one attached hydrogen (secondary N) is 2. The Morgan fingerprint density at radius 2 is 1.26 bits per heavy atom. The first kappa shape index (κ1) is 23.1. The number of rotatable bonds is 2. The van der Waals surface area contributed by atoms with E-state index >= 15 is 0 Å². The molecule has 0 heterocycles. The molecule has 0 aliphatic heterocycles. The zero-order chi connectivity index (χ0) is 21.0. The Labute approximate surface area is 158 Å². The van der Waals surface area contributed by atoms with Crippen molar-refractivity contribution in [3.8, 4) is 0 Å². The van der Waals surface area contributed by atoms with Gasteiger partial charge in [-0.15, -0.1) is 0 Å². The molecule has 2 N–H and O–H groups in total. The molecule has 2 aliphatic rings. The third kappa shape index (κ3) is 10.1. The maximum Gasteiger partial charge on any atom is 0.407 e. The molecule has 2 fully saturated rings. The zero-order valence-corrected chi connectivity index (χ0v) is 16.8. The minimum atomic E-state index is -2.61. The lowest BCUT2D eigenvalue weighted by molar-refractivity contribution is -0.125. The molecule has 0 spiro atoms. The summed E-state index contributed by atoms with van der Waals surface area (Å²) in [6.07, 6.45) is -0.750. The van der Waals surface area contributed by atoms with Crippen LogP contribution in [0.4, 0.5) is 18.4 Å². The van der Waals surface area contributed by atoms with Crippen molar-refractivity contribution in [2.45, 2.75) is 96.4 Å². The Kier molecular flexibility index (Phi) is 7.18. The summed E-state index contributed by atoms with van der Waals surface area (Å²) in [5.74, 6) is -2.42. The molecule has 0 atom stereocenters. The van der Waals surface area contributed by atoms with Crippen LogP contribution in [0, 0.1) is 0 Å². The van der Waals surface area contributed by atoms with E-state index < -0.39 is 35.4 Å². The van der Waals surface area contributed by atoms with Crippen molar-refractivity contribution in [2.75, 3.05) is 0 Å². The van der Waals surface area contributed by atoms with Crippen molar-refractivity contribution in [3.05, 3.63) is 0 Å². The lowest BCUT2D eigenvalue weighted by Gasteiger charge is -2.35. The van der Waals surface area contributed by atoms with Crippen molar-refractivity contribution >= 4 is 18.0 Å². The van der Waals surface area contributed by atoms with Gasteiger partial charge in [0, 0.05) is 37.8 Å². The molecule has 0 aromatic heterocycles. The van der Waals surface area contributed by atoms with Gasteiger partial charge in [0.25, 0.3) is 5.92 Å². The number of Topliss-reactive ketones (excluding diaryl/α,β-unsaturated/α-hetero) is 1. The Hall–Kier alpha value is -1.93. The first-order chi connectivity index (χ1) is 12.0. The number of amides is 2. The summed E-state index contributed by atoms with van der Waals surface area (Å²) in [6, 6.07) is -0.456.